The molecule has 0 unspecified atom stereocenters. The lowest BCUT2D eigenvalue weighted by atomic mass is 10.1. The Bertz CT molecular complexity index is 518. The number of carbonyl (C=O) groups is 2. The highest BCUT2D eigenvalue weighted by atomic mass is 16.2. The summed E-state index contributed by atoms with van der Waals surface area (Å²) in [4.78, 5) is 28.2. The number of aryl methyl sites for hydroxylation is 1. The van der Waals surface area contributed by atoms with E-state index in [2.05, 4.69) is 0 Å². The van der Waals surface area contributed by atoms with Crippen LogP contribution in [-0.2, 0) is 9.59 Å². The van der Waals surface area contributed by atoms with Crippen molar-refractivity contribution in [3.63, 3.8) is 0 Å². The molecule has 0 saturated carbocycles. The standard InChI is InChI=1S/C17H26N2O2/c1-7-18(14-11-9-10-13(3)12-14)15(20)16(21)19(8-2)17(4,5)6/h9-12H,7-8H2,1-6H3. The lowest BCUT2D eigenvalue weighted by molar-refractivity contribution is -0.147. The van der Waals surface area contributed by atoms with Crippen LogP contribution in [0.5, 0.6) is 0 Å². The number of hydrogen-bond donors (Lipinski definition) is 0. The van der Waals surface area contributed by atoms with E-state index in [4.69, 9.17) is 0 Å². The fourth-order valence-corrected chi connectivity index (χ4v) is 2.39. The maximum atomic E-state index is 12.6. The summed E-state index contributed by atoms with van der Waals surface area (Å²) in [7, 11) is 0. The van der Waals surface area contributed by atoms with Crippen LogP contribution in [0.4, 0.5) is 5.69 Å². The number of rotatable bonds is 3. The predicted molar refractivity (Wildman–Crippen MR) is 86.3 cm³/mol. The first-order valence-electron chi connectivity index (χ1n) is 7.42. The van der Waals surface area contributed by atoms with Gasteiger partial charge >= 0.3 is 11.8 Å². The fraction of sp³-hybridized carbons (Fsp3) is 0.529. The molecule has 0 aliphatic rings. The molecule has 4 nitrogen and oxygen atoms in total. The van der Waals surface area contributed by atoms with Gasteiger partial charge in [-0.3, -0.25) is 9.59 Å². The Morgan fingerprint density at radius 1 is 1.05 bits per heavy atom. The molecule has 1 rings (SSSR count). The number of nitrogens with zero attached hydrogens (tertiary/aromatic N) is 2. The van der Waals surface area contributed by atoms with E-state index in [-0.39, 0.29) is 5.54 Å². The molecular formula is C17H26N2O2. The Morgan fingerprint density at radius 3 is 2.10 bits per heavy atom. The Morgan fingerprint density at radius 2 is 1.67 bits per heavy atom. The molecular weight excluding hydrogens is 264 g/mol. The monoisotopic (exact) mass is 290 g/mol. The minimum absolute atomic E-state index is 0.368. The zero-order valence-corrected chi connectivity index (χ0v) is 13.9. The second-order valence-corrected chi connectivity index (χ2v) is 6.11. The molecule has 0 aliphatic heterocycles. The number of hydrogen-bond acceptors (Lipinski definition) is 2. The number of likely N-dealkylation sites (N-methyl/N-ethyl adjacent to an activating group) is 2. The first kappa shape index (κ1) is 17.2. The highest BCUT2D eigenvalue weighted by Crippen LogP contribution is 2.19. The van der Waals surface area contributed by atoms with Crippen molar-refractivity contribution in [3.05, 3.63) is 29.8 Å². The third-order valence-electron chi connectivity index (χ3n) is 3.43. The van der Waals surface area contributed by atoms with Crippen LogP contribution in [0.3, 0.4) is 0 Å². The van der Waals surface area contributed by atoms with E-state index in [9.17, 15) is 9.59 Å². The molecule has 0 aromatic heterocycles. The third kappa shape index (κ3) is 4.06. The summed E-state index contributed by atoms with van der Waals surface area (Å²) in [5, 5.41) is 0. The summed E-state index contributed by atoms with van der Waals surface area (Å²) in [6, 6.07) is 7.64. The number of anilines is 1. The molecule has 1 aromatic carbocycles. The highest BCUT2D eigenvalue weighted by molar-refractivity contribution is 6.40. The van der Waals surface area contributed by atoms with Gasteiger partial charge in [0.2, 0.25) is 0 Å². The molecule has 2 amide bonds. The Kier molecular flexibility index (Phi) is 5.53. The van der Waals surface area contributed by atoms with Gasteiger partial charge in [0.05, 0.1) is 0 Å². The van der Waals surface area contributed by atoms with Crippen molar-refractivity contribution in [2.45, 2.75) is 47.1 Å². The SMILES string of the molecule is CCN(C(=O)C(=O)N(CC)C(C)(C)C)c1cccc(C)c1. The van der Waals surface area contributed by atoms with Crippen molar-refractivity contribution >= 4 is 17.5 Å². The first-order chi connectivity index (χ1) is 9.72. The maximum Gasteiger partial charge on any atom is 0.316 e. The molecule has 0 fully saturated rings. The van der Waals surface area contributed by atoms with Crippen molar-refractivity contribution in [3.8, 4) is 0 Å². The zero-order chi connectivity index (χ0) is 16.2. The van der Waals surface area contributed by atoms with Crippen molar-refractivity contribution in [2.24, 2.45) is 0 Å². The maximum absolute atomic E-state index is 12.6. The van der Waals surface area contributed by atoms with Crippen LogP contribution in [0.15, 0.2) is 24.3 Å². The zero-order valence-electron chi connectivity index (χ0n) is 13.9. The van der Waals surface area contributed by atoms with Crippen LogP contribution in [0, 0.1) is 6.92 Å². The number of benzene rings is 1. The molecule has 0 spiro atoms. The van der Waals surface area contributed by atoms with Gasteiger partial charge in [-0.1, -0.05) is 12.1 Å². The van der Waals surface area contributed by atoms with E-state index in [0.717, 1.165) is 11.3 Å². The van der Waals surface area contributed by atoms with Crippen LogP contribution >= 0.6 is 0 Å². The van der Waals surface area contributed by atoms with Crippen molar-refractivity contribution in [1.29, 1.82) is 0 Å². The molecule has 0 aliphatic carbocycles. The van der Waals surface area contributed by atoms with Crippen LogP contribution in [0.25, 0.3) is 0 Å². The molecule has 0 atom stereocenters. The quantitative estimate of drug-likeness (QED) is 0.803. The molecule has 0 saturated heterocycles. The van der Waals surface area contributed by atoms with Gasteiger partial charge in [0.15, 0.2) is 0 Å². The largest absolute Gasteiger partial charge is 0.330 e. The molecule has 0 heterocycles. The Balaban J connectivity index is 3.06. The van der Waals surface area contributed by atoms with Gasteiger partial charge in [-0.25, -0.2) is 0 Å². The van der Waals surface area contributed by atoms with E-state index in [1.807, 2.05) is 65.8 Å². The summed E-state index contributed by atoms with van der Waals surface area (Å²) in [5.74, 6) is -0.923. The summed E-state index contributed by atoms with van der Waals surface area (Å²) < 4.78 is 0. The minimum Gasteiger partial charge on any atom is -0.330 e. The lowest BCUT2D eigenvalue weighted by Gasteiger charge is -2.35. The molecule has 0 N–H and O–H groups in total. The first-order valence-corrected chi connectivity index (χ1v) is 7.42. The van der Waals surface area contributed by atoms with Gasteiger partial charge in [-0.2, -0.15) is 0 Å². The third-order valence-corrected chi connectivity index (χ3v) is 3.43. The fourth-order valence-electron chi connectivity index (χ4n) is 2.39. The normalized spacial score (nSPS) is 11.1. The highest BCUT2D eigenvalue weighted by Gasteiger charge is 2.32. The number of amides is 2. The van der Waals surface area contributed by atoms with Gasteiger partial charge in [-0.05, 0) is 59.2 Å². The van der Waals surface area contributed by atoms with E-state index >= 15 is 0 Å². The molecule has 0 bridgehead atoms. The average Bonchev–Trinajstić information content (AvgIpc) is 2.38. The summed E-state index contributed by atoms with van der Waals surface area (Å²) in [6.45, 7) is 12.5. The van der Waals surface area contributed by atoms with Crippen LogP contribution in [0.2, 0.25) is 0 Å². The molecule has 0 radical (unpaired) electrons. The van der Waals surface area contributed by atoms with Gasteiger partial charge in [0, 0.05) is 24.3 Å². The number of carbonyl (C=O) groups excluding carboxylic acids is 2. The van der Waals surface area contributed by atoms with Crippen molar-refractivity contribution in [1.82, 2.24) is 4.90 Å². The van der Waals surface area contributed by atoms with Gasteiger partial charge < -0.3 is 9.80 Å². The van der Waals surface area contributed by atoms with E-state index in [0.29, 0.717) is 13.1 Å². The average molecular weight is 290 g/mol. The summed E-state index contributed by atoms with van der Waals surface area (Å²) in [6.07, 6.45) is 0. The van der Waals surface area contributed by atoms with Gasteiger partial charge in [0.1, 0.15) is 0 Å². The van der Waals surface area contributed by atoms with Crippen LogP contribution in [0.1, 0.15) is 40.2 Å². The van der Waals surface area contributed by atoms with Gasteiger partial charge in [0.25, 0.3) is 0 Å². The molecule has 4 heteroatoms. The smallest absolute Gasteiger partial charge is 0.316 e. The Hall–Kier alpha value is -1.84. The van der Waals surface area contributed by atoms with Crippen LogP contribution < -0.4 is 4.90 Å². The lowest BCUT2D eigenvalue weighted by Crippen LogP contribution is -2.52. The van der Waals surface area contributed by atoms with Gasteiger partial charge in [-0.15, -0.1) is 0 Å². The van der Waals surface area contributed by atoms with Crippen LogP contribution in [-0.4, -0.2) is 35.3 Å². The van der Waals surface area contributed by atoms with E-state index < -0.39 is 11.8 Å². The summed E-state index contributed by atoms with van der Waals surface area (Å²) >= 11 is 0. The summed E-state index contributed by atoms with van der Waals surface area (Å²) in [5.41, 5.74) is 1.46. The van der Waals surface area contributed by atoms with E-state index in [1.54, 1.807) is 4.90 Å². The second kappa shape index (κ2) is 6.74. The Labute approximate surface area is 127 Å². The predicted octanol–water partition coefficient (Wildman–Crippen LogP) is 2.99. The second-order valence-electron chi connectivity index (χ2n) is 6.11. The minimum atomic E-state index is -0.472. The molecule has 21 heavy (non-hydrogen) atoms. The molecule has 116 valence electrons. The van der Waals surface area contributed by atoms with Crippen molar-refractivity contribution < 1.29 is 9.59 Å². The van der Waals surface area contributed by atoms with Crippen molar-refractivity contribution in [2.75, 3.05) is 18.0 Å². The topological polar surface area (TPSA) is 40.6 Å². The molecule has 1 aromatic rings. The van der Waals surface area contributed by atoms with E-state index in [1.165, 1.54) is 4.90 Å².